The number of likely N-dealkylation sites (N-methyl/N-ethyl adjacent to an activating group) is 2. The van der Waals surface area contributed by atoms with Crippen LogP contribution in [0.25, 0.3) is 0 Å². The van der Waals surface area contributed by atoms with Crippen molar-refractivity contribution in [1.82, 2.24) is 24.7 Å². The molecule has 2 fully saturated rings. The van der Waals surface area contributed by atoms with Crippen LogP contribution in [-0.4, -0.2) is 89.4 Å². The quantitative estimate of drug-likeness (QED) is 0.563. The van der Waals surface area contributed by atoms with E-state index in [0.29, 0.717) is 23.9 Å². The average molecular weight is 511 g/mol. The van der Waals surface area contributed by atoms with Crippen molar-refractivity contribution in [3.63, 3.8) is 0 Å². The number of hydrogen-bond acceptors (Lipinski definition) is 5. The fraction of sp³-hybridized carbons (Fsp3) is 0.750. The number of ether oxygens (including phenoxy) is 1. The van der Waals surface area contributed by atoms with Crippen molar-refractivity contribution < 1.29 is 18.6 Å². The number of carbonyl (C=O) groups excluding carboxylic acids is 1. The van der Waals surface area contributed by atoms with Gasteiger partial charge in [0.2, 0.25) is 5.96 Å². The smallest absolute Gasteiger partial charge is 0.352 e. The summed E-state index contributed by atoms with van der Waals surface area (Å²) in [6.07, 6.45) is 1.75. The fourth-order valence-electron chi connectivity index (χ4n) is 4.41. The lowest BCUT2D eigenvalue weighted by Gasteiger charge is -2.46. The molecule has 35 heavy (non-hydrogen) atoms. The van der Waals surface area contributed by atoms with Gasteiger partial charge in [-0.25, -0.2) is 9.24 Å². The van der Waals surface area contributed by atoms with Crippen LogP contribution in [0, 0.1) is 5.41 Å². The minimum absolute atomic E-state index is 0.0102. The van der Waals surface area contributed by atoms with Gasteiger partial charge in [-0.1, -0.05) is 27.4 Å². The maximum absolute atomic E-state index is 14.6. The predicted molar refractivity (Wildman–Crippen MR) is 138 cm³/mol. The highest BCUT2D eigenvalue weighted by Gasteiger charge is 2.45. The molecule has 198 valence electrons. The first-order valence-electron chi connectivity index (χ1n) is 12.2. The van der Waals surface area contributed by atoms with Crippen LogP contribution in [0.2, 0.25) is 0 Å². The number of guanidine groups is 1. The summed E-state index contributed by atoms with van der Waals surface area (Å²) < 4.78 is 34.0. The van der Waals surface area contributed by atoms with E-state index in [9.17, 15) is 9.36 Å². The van der Waals surface area contributed by atoms with E-state index < -0.39 is 19.5 Å². The Bertz CT molecular complexity index is 939. The molecule has 1 amide bonds. The topological polar surface area (TPSA) is 90.0 Å². The first-order valence-corrected chi connectivity index (χ1v) is 13.7. The summed E-state index contributed by atoms with van der Waals surface area (Å²) in [5.41, 5.74) is -0.139. The van der Waals surface area contributed by atoms with Gasteiger partial charge in [-0.15, -0.1) is 0 Å². The molecule has 3 heterocycles. The van der Waals surface area contributed by atoms with Crippen LogP contribution in [0.1, 0.15) is 54.9 Å². The van der Waals surface area contributed by atoms with Crippen LogP contribution in [0.4, 0.5) is 0 Å². The van der Waals surface area contributed by atoms with E-state index in [1.807, 2.05) is 49.3 Å². The van der Waals surface area contributed by atoms with Gasteiger partial charge in [-0.05, 0) is 39.5 Å². The highest BCUT2D eigenvalue weighted by molar-refractivity contribution is 7.55. The monoisotopic (exact) mass is 510 g/mol. The molecule has 0 aromatic carbocycles. The van der Waals surface area contributed by atoms with Gasteiger partial charge in [0.15, 0.2) is 0 Å². The molecule has 0 aliphatic carbocycles. The Labute approximate surface area is 210 Å². The van der Waals surface area contributed by atoms with E-state index in [4.69, 9.17) is 14.0 Å². The fourth-order valence-corrected chi connectivity index (χ4v) is 6.67. The van der Waals surface area contributed by atoms with E-state index in [2.05, 4.69) is 32.7 Å². The van der Waals surface area contributed by atoms with Crippen LogP contribution < -0.4 is 5.32 Å². The number of nitrogens with one attached hydrogen (secondary N) is 1. The zero-order chi connectivity index (χ0) is 26.3. The third kappa shape index (κ3) is 6.88. The van der Waals surface area contributed by atoms with Crippen molar-refractivity contribution in [2.24, 2.45) is 10.2 Å². The summed E-state index contributed by atoms with van der Waals surface area (Å²) in [5.74, 6) is 0.888. The molecule has 0 aromatic rings. The molecule has 0 bridgehead atoms. The Balaban J connectivity index is 2.03. The molecule has 2 saturated heterocycles. The van der Waals surface area contributed by atoms with E-state index in [0.717, 1.165) is 19.5 Å². The molecular weight excluding hydrogens is 467 g/mol. The van der Waals surface area contributed by atoms with Gasteiger partial charge in [-0.2, -0.15) is 4.76 Å². The number of nitrogens with zero attached hydrogens (tertiary/aromatic N) is 5. The molecule has 3 rings (SSSR count). The van der Waals surface area contributed by atoms with Crippen LogP contribution >= 0.6 is 7.67 Å². The van der Waals surface area contributed by atoms with Crippen molar-refractivity contribution >= 4 is 19.5 Å². The SMILES string of the molecule is C=C1NC(=O)C(C)=CN1[C@H]1CN(P(=O)(N=C2N(C)CCN2C)OC(C)(C)C)C[C@@H](CC(C)(C)C)O1. The number of rotatable bonds is 5. The summed E-state index contributed by atoms with van der Waals surface area (Å²) in [5, 5.41) is 2.79. The third-order valence-electron chi connectivity index (χ3n) is 5.96. The van der Waals surface area contributed by atoms with Crippen molar-refractivity contribution in [1.29, 1.82) is 0 Å². The third-order valence-corrected chi connectivity index (χ3v) is 8.22. The summed E-state index contributed by atoms with van der Waals surface area (Å²) in [6, 6.07) is 0. The zero-order valence-electron chi connectivity index (χ0n) is 22.8. The summed E-state index contributed by atoms with van der Waals surface area (Å²) in [7, 11) is 0.208. The Morgan fingerprint density at radius 2 is 1.77 bits per heavy atom. The molecule has 3 aliphatic heterocycles. The Kier molecular flexibility index (Phi) is 7.83. The lowest BCUT2D eigenvalue weighted by molar-refractivity contribution is -0.133. The maximum Gasteiger partial charge on any atom is 0.393 e. The second-order valence-corrected chi connectivity index (χ2v) is 13.8. The predicted octanol–water partition coefficient (Wildman–Crippen LogP) is 3.41. The van der Waals surface area contributed by atoms with Gasteiger partial charge in [0.1, 0.15) is 12.0 Å². The van der Waals surface area contributed by atoms with Crippen LogP contribution in [0.15, 0.2) is 28.9 Å². The van der Waals surface area contributed by atoms with Crippen LogP contribution in [0.5, 0.6) is 0 Å². The van der Waals surface area contributed by atoms with Crippen molar-refractivity contribution in [3.05, 3.63) is 24.2 Å². The van der Waals surface area contributed by atoms with E-state index in [1.54, 1.807) is 18.0 Å². The number of amides is 1. The van der Waals surface area contributed by atoms with Gasteiger partial charge < -0.3 is 24.8 Å². The normalized spacial score (nSPS) is 26.6. The highest BCUT2D eigenvalue weighted by Crippen LogP contribution is 2.57. The largest absolute Gasteiger partial charge is 0.393 e. The lowest BCUT2D eigenvalue weighted by atomic mass is 9.89. The summed E-state index contributed by atoms with van der Waals surface area (Å²) >= 11 is 0. The molecule has 1 N–H and O–H groups in total. The van der Waals surface area contributed by atoms with Crippen LogP contribution in [-0.2, 0) is 18.6 Å². The number of hydrogen-bond donors (Lipinski definition) is 1. The molecule has 0 aromatic heterocycles. The van der Waals surface area contributed by atoms with E-state index in [1.165, 1.54) is 0 Å². The molecule has 11 heteroatoms. The molecule has 10 nitrogen and oxygen atoms in total. The molecule has 0 saturated carbocycles. The van der Waals surface area contributed by atoms with Crippen molar-refractivity contribution in [2.75, 3.05) is 40.3 Å². The highest BCUT2D eigenvalue weighted by atomic mass is 31.2. The zero-order valence-corrected chi connectivity index (χ0v) is 23.7. The van der Waals surface area contributed by atoms with Crippen molar-refractivity contribution in [2.45, 2.75) is 72.8 Å². The maximum atomic E-state index is 14.6. The lowest BCUT2D eigenvalue weighted by Crippen LogP contribution is -2.55. The first-order chi connectivity index (χ1) is 16.0. The Morgan fingerprint density at radius 1 is 1.17 bits per heavy atom. The first kappa shape index (κ1) is 27.7. The summed E-state index contributed by atoms with van der Waals surface area (Å²) in [4.78, 5) is 17.9. The van der Waals surface area contributed by atoms with Gasteiger partial charge >= 0.3 is 7.67 Å². The molecule has 3 atom stereocenters. The second-order valence-electron chi connectivity index (χ2n) is 11.9. The molecular formula is C24H43N6O4P. The number of carbonyl (C=O) groups is 1. The Hall–Kier alpha value is -1.87. The second kappa shape index (κ2) is 9.88. The van der Waals surface area contributed by atoms with Gasteiger partial charge in [0.25, 0.3) is 5.91 Å². The van der Waals surface area contributed by atoms with E-state index in [-0.39, 0.29) is 24.0 Å². The minimum Gasteiger partial charge on any atom is -0.352 e. The average Bonchev–Trinajstić information content (AvgIpc) is 2.99. The number of morpholine rings is 1. The van der Waals surface area contributed by atoms with Gasteiger partial charge in [-0.3, -0.25) is 9.32 Å². The van der Waals surface area contributed by atoms with E-state index >= 15 is 0 Å². The van der Waals surface area contributed by atoms with Crippen LogP contribution in [0.3, 0.4) is 0 Å². The molecule has 3 aliphatic rings. The standard InChI is InChI=1S/C24H43N6O4P/c1-17-14-30(18(2)25-21(17)31)20-16-29(15-19(33-20)13-23(3,4)5)35(32,34-24(6,7)8)26-22-27(9)11-12-28(22)10/h14,19-20H,2,11-13,15-16H2,1,3-10H3,(H,25,31)/t19-,20-,35?/m1/s1. The van der Waals surface area contributed by atoms with Gasteiger partial charge in [0, 0.05) is 45.5 Å². The van der Waals surface area contributed by atoms with Crippen molar-refractivity contribution in [3.8, 4) is 0 Å². The minimum atomic E-state index is -3.69. The summed E-state index contributed by atoms with van der Waals surface area (Å²) in [6.45, 7) is 20.2. The molecule has 0 spiro atoms. The molecule has 1 unspecified atom stereocenters. The molecule has 0 radical (unpaired) electrons. The Morgan fingerprint density at radius 3 is 2.31 bits per heavy atom. The van der Waals surface area contributed by atoms with Gasteiger partial charge in [0.05, 0.1) is 18.2 Å².